The van der Waals surface area contributed by atoms with E-state index in [0.717, 1.165) is 0 Å². The predicted molar refractivity (Wildman–Crippen MR) is 77.0 cm³/mol. The van der Waals surface area contributed by atoms with E-state index in [9.17, 15) is 13.6 Å². The monoisotopic (exact) mass is 311 g/mol. The summed E-state index contributed by atoms with van der Waals surface area (Å²) in [5.74, 6) is 0.374. The third kappa shape index (κ3) is 4.43. The number of thioether (sulfide) groups is 1. The normalized spacial score (nSPS) is 11.2. The van der Waals surface area contributed by atoms with Crippen molar-refractivity contribution < 1.29 is 17.3 Å². The van der Waals surface area contributed by atoms with Gasteiger partial charge in [0.25, 0.3) is 5.03 Å². The van der Waals surface area contributed by atoms with E-state index in [2.05, 4.69) is 0 Å². The van der Waals surface area contributed by atoms with Crippen LogP contribution in [0.15, 0.2) is 59.8 Å². The van der Waals surface area contributed by atoms with Gasteiger partial charge in [0.2, 0.25) is 0 Å². The maximum atomic E-state index is 11.8. The number of aromatic nitrogens is 1. The highest BCUT2D eigenvalue weighted by molar-refractivity contribution is 8.00. The average Bonchev–Trinajstić information content (AvgIpc) is 2.41. The third-order valence-electron chi connectivity index (χ3n) is 2.34. The Morgan fingerprint density at radius 1 is 1.10 bits per heavy atom. The zero-order valence-corrected chi connectivity index (χ0v) is 12.1. The van der Waals surface area contributed by atoms with Crippen LogP contribution >= 0.6 is 11.8 Å². The van der Waals surface area contributed by atoms with E-state index in [1.54, 1.807) is 48.5 Å². The molecule has 0 bridgehead atoms. The minimum absolute atomic E-state index is 0.165. The highest BCUT2D eigenvalue weighted by Gasteiger charge is 2.14. The molecule has 7 heteroatoms. The van der Waals surface area contributed by atoms with Crippen molar-refractivity contribution in [2.24, 2.45) is 0 Å². The second-order valence-corrected chi connectivity index (χ2v) is 6.68. The Labute approximate surface area is 121 Å². The molecule has 0 amide bonds. The van der Waals surface area contributed by atoms with Crippen molar-refractivity contribution in [1.29, 1.82) is 0 Å². The average molecular weight is 311 g/mol. The first kappa shape index (κ1) is 14.7. The van der Waals surface area contributed by atoms with Crippen LogP contribution in [-0.4, -0.2) is 19.9 Å². The zero-order valence-electron chi connectivity index (χ0n) is 10.5. The topological polar surface area (TPSA) is 70.3 Å². The van der Waals surface area contributed by atoms with Gasteiger partial charge in [-0.3, -0.25) is 0 Å². The molecule has 20 heavy (non-hydrogen) atoms. The second-order valence-electron chi connectivity index (χ2n) is 3.87. The molecule has 5 nitrogen and oxygen atoms in total. The summed E-state index contributed by atoms with van der Waals surface area (Å²) in [5.41, 5.74) is 0. The number of benzene rings is 1. The SMILES string of the molecule is O=S(=O)(CCSc1cccc[n+]1[O-])Oc1ccccc1. The van der Waals surface area contributed by atoms with Crippen LogP contribution < -0.4 is 8.91 Å². The molecular formula is C13H13NO4S2. The molecule has 0 unspecified atom stereocenters. The summed E-state index contributed by atoms with van der Waals surface area (Å²) in [6.45, 7) is 0. The molecule has 106 valence electrons. The third-order valence-corrected chi connectivity index (χ3v) is 4.77. The van der Waals surface area contributed by atoms with Gasteiger partial charge in [-0.1, -0.05) is 30.0 Å². The van der Waals surface area contributed by atoms with E-state index in [1.807, 2.05) is 0 Å². The lowest BCUT2D eigenvalue weighted by Crippen LogP contribution is -2.28. The molecule has 1 heterocycles. The molecule has 0 saturated carbocycles. The van der Waals surface area contributed by atoms with E-state index < -0.39 is 10.1 Å². The van der Waals surface area contributed by atoms with Gasteiger partial charge >= 0.3 is 10.1 Å². The van der Waals surface area contributed by atoms with Crippen LogP contribution in [0.5, 0.6) is 5.75 Å². The first-order valence-electron chi connectivity index (χ1n) is 5.85. The van der Waals surface area contributed by atoms with Gasteiger partial charge in [-0.2, -0.15) is 13.1 Å². The minimum atomic E-state index is -3.65. The van der Waals surface area contributed by atoms with Crippen LogP contribution in [0, 0.1) is 5.21 Å². The quantitative estimate of drug-likeness (QED) is 0.352. The summed E-state index contributed by atoms with van der Waals surface area (Å²) in [6.07, 6.45) is 1.37. The highest BCUT2D eigenvalue weighted by Crippen LogP contribution is 2.15. The Kier molecular flexibility index (Phi) is 4.86. The summed E-state index contributed by atoms with van der Waals surface area (Å²) >= 11 is 1.18. The van der Waals surface area contributed by atoms with E-state index in [-0.39, 0.29) is 17.3 Å². The van der Waals surface area contributed by atoms with Crippen LogP contribution in [-0.2, 0) is 10.1 Å². The smallest absolute Gasteiger partial charge is 0.310 e. The summed E-state index contributed by atoms with van der Waals surface area (Å²) in [5, 5.41) is 11.8. The fourth-order valence-electron chi connectivity index (χ4n) is 1.44. The Morgan fingerprint density at radius 2 is 1.80 bits per heavy atom. The molecule has 0 atom stereocenters. The molecular weight excluding hydrogens is 298 g/mol. The fraction of sp³-hybridized carbons (Fsp3) is 0.154. The van der Waals surface area contributed by atoms with Crippen molar-refractivity contribution in [3.8, 4) is 5.75 Å². The van der Waals surface area contributed by atoms with Gasteiger partial charge in [-0.25, -0.2) is 0 Å². The molecule has 0 saturated heterocycles. The van der Waals surface area contributed by atoms with E-state index in [0.29, 0.717) is 9.76 Å². The molecule has 0 aliphatic heterocycles. The Hall–Kier alpha value is -1.73. The first-order valence-corrected chi connectivity index (χ1v) is 8.41. The van der Waals surface area contributed by atoms with Gasteiger partial charge in [0.05, 0.1) is 5.75 Å². The van der Waals surface area contributed by atoms with Crippen LogP contribution in [0.2, 0.25) is 0 Å². The molecule has 0 aliphatic rings. The molecule has 0 spiro atoms. The number of pyridine rings is 1. The molecule has 1 aromatic carbocycles. The molecule has 2 aromatic rings. The van der Waals surface area contributed by atoms with Crippen molar-refractivity contribution in [1.82, 2.24) is 0 Å². The van der Waals surface area contributed by atoms with E-state index in [4.69, 9.17) is 4.18 Å². The lowest BCUT2D eigenvalue weighted by Gasteiger charge is -2.06. The van der Waals surface area contributed by atoms with Crippen molar-refractivity contribution >= 4 is 21.9 Å². The van der Waals surface area contributed by atoms with Gasteiger partial charge in [0.1, 0.15) is 5.75 Å². The molecule has 2 rings (SSSR count). The van der Waals surface area contributed by atoms with Gasteiger partial charge in [-0.05, 0) is 18.2 Å². The van der Waals surface area contributed by atoms with Crippen LogP contribution in [0.4, 0.5) is 0 Å². The summed E-state index contributed by atoms with van der Waals surface area (Å²) in [7, 11) is -3.65. The second kappa shape index (κ2) is 6.62. The van der Waals surface area contributed by atoms with Gasteiger partial charge in [-0.15, -0.1) is 0 Å². The summed E-state index contributed by atoms with van der Waals surface area (Å²) in [6, 6.07) is 13.3. The van der Waals surface area contributed by atoms with Gasteiger partial charge in [0, 0.05) is 17.9 Å². The lowest BCUT2D eigenvalue weighted by atomic mass is 10.3. The van der Waals surface area contributed by atoms with Crippen molar-refractivity contribution in [3.63, 3.8) is 0 Å². The zero-order chi connectivity index (χ0) is 14.4. The van der Waals surface area contributed by atoms with Crippen LogP contribution in [0.25, 0.3) is 0 Å². The number of para-hydroxylation sites is 1. The van der Waals surface area contributed by atoms with Crippen molar-refractivity contribution in [2.45, 2.75) is 5.03 Å². The summed E-state index contributed by atoms with van der Waals surface area (Å²) < 4.78 is 29.2. The van der Waals surface area contributed by atoms with Crippen molar-refractivity contribution in [2.75, 3.05) is 11.5 Å². The van der Waals surface area contributed by atoms with Crippen molar-refractivity contribution in [3.05, 3.63) is 59.9 Å². The standard InChI is InChI=1S/C13H13NO4S2/c15-14-9-5-4-8-13(14)19-10-11-20(16,17)18-12-6-2-1-3-7-12/h1-9H,10-11H2. The van der Waals surface area contributed by atoms with E-state index >= 15 is 0 Å². The fourth-order valence-corrected chi connectivity index (χ4v) is 3.65. The van der Waals surface area contributed by atoms with E-state index in [1.165, 1.54) is 18.0 Å². The maximum absolute atomic E-state index is 11.8. The lowest BCUT2D eigenvalue weighted by molar-refractivity contribution is -0.645. The number of hydrogen-bond acceptors (Lipinski definition) is 5. The molecule has 0 aliphatic carbocycles. The highest BCUT2D eigenvalue weighted by atomic mass is 32.2. The first-order chi connectivity index (χ1) is 9.57. The van der Waals surface area contributed by atoms with Crippen LogP contribution in [0.1, 0.15) is 0 Å². The largest absolute Gasteiger partial charge is 0.618 e. The Morgan fingerprint density at radius 3 is 2.50 bits per heavy atom. The van der Waals surface area contributed by atoms with Gasteiger partial charge < -0.3 is 9.39 Å². The van der Waals surface area contributed by atoms with Gasteiger partial charge in [0.15, 0.2) is 6.20 Å². The maximum Gasteiger partial charge on any atom is 0.310 e. The molecule has 0 radical (unpaired) electrons. The number of nitrogens with zero attached hydrogens (tertiary/aromatic N) is 1. The number of hydrogen-bond donors (Lipinski definition) is 0. The number of rotatable bonds is 6. The summed E-state index contributed by atoms with van der Waals surface area (Å²) in [4.78, 5) is 0. The Balaban J connectivity index is 1.89. The minimum Gasteiger partial charge on any atom is -0.618 e. The molecule has 0 N–H and O–H groups in total. The predicted octanol–water partition coefficient (Wildman–Crippen LogP) is 1.82. The Bertz CT molecular complexity index is 659. The molecule has 1 aromatic heterocycles. The molecule has 0 fully saturated rings. The van der Waals surface area contributed by atoms with Crippen LogP contribution in [0.3, 0.4) is 0 Å².